The zero-order chi connectivity index (χ0) is 14.0. The van der Waals surface area contributed by atoms with Gasteiger partial charge >= 0.3 is 0 Å². The van der Waals surface area contributed by atoms with E-state index in [1.54, 1.807) is 21.8 Å². The van der Waals surface area contributed by atoms with Crippen molar-refractivity contribution in [1.29, 1.82) is 0 Å². The van der Waals surface area contributed by atoms with Crippen LogP contribution in [0.1, 0.15) is 21.9 Å². The molecule has 2 aromatic heterocycles. The molecule has 0 bridgehead atoms. The molecule has 7 nitrogen and oxygen atoms in total. The lowest BCUT2D eigenvalue weighted by Crippen LogP contribution is -2.14. The molecule has 0 fully saturated rings. The fourth-order valence-corrected chi connectivity index (χ4v) is 1.88. The van der Waals surface area contributed by atoms with Gasteiger partial charge in [0.15, 0.2) is 0 Å². The lowest BCUT2D eigenvalue weighted by atomic mass is 10.3. The Bertz CT molecular complexity index is 597. The number of nitrogens with one attached hydrogen (secondary N) is 1. The van der Waals surface area contributed by atoms with Crippen LogP contribution in [0.3, 0.4) is 0 Å². The normalized spacial score (nSPS) is 10.7. The van der Waals surface area contributed by atoms with Gasteiger partial charge in [-0.3, -0.25) is 9.48 Å². The van der Waals surface area contributed by atoms with E-state index in [1.807, 2.05) is 20.9 Å². The van der Waals surface area contributed by atoms with Gasteiger partial charge < -0.3 is 15.6 Å². The van der Waals surface area contributed by atoms with Crippen LogP contribution in [0.15, 0.2) is 12.5 Å². The van der Waals surface area contributed by atoms with Crippen molar-refractivity contribution < 1.29 is 4.79 Å². The summed E-state index contributed by atoms with van der Waals surface area (Å²) in [6.45, 7) is 4.92. The highest BCUT2D eigenvalue weighted by molar-refractivity contribution is 6.03. The average Bonchev–Trinajstić information content (AvgIpc) is 2.91. The molecule has 1 amide bonds. The first-order valence-electron chi connectivity index (χ1n) is 6.06. The Kier molecular flexibility index (Phi) is 3.66. The van der Waals surface area contributed by atoms with Crippen LogP contribution < -0.4 is 11.1 Å². The fraction of sp³-hybridized carbons (Fsp3) is 0.417. The van der Waals surface area contributed by atoms with Gasteiger partial charge in [0.25, 0.3) is 5.91 Å². The molecule has 2 heterocycles. The van der Waals surface area contributed by atoms with Crippen molar-refractivity contribution in [2.24, 2.45) is 12.8 Å². The second-order valence-electron chi connectivity index (χ2n) is 4.41. The van der Waals surface area contributed by atoms with E-state index in [0.29, 0.717) is 18.8 Å². The van der Waals surface area contributed by atoms with Gasteiger partial charge in [-0.15, -0.1) is 0 Å². The largest absolute Gasteiger partial charge is 0.335 e. The number of anilines is 1. The van der Waals surface area contributed by atoms with Gasteiger partial charge in [0.1, 0.15) is 5.69 Å². The molecule has 0 atom stereocenters. The van der Waals surface area contributed by atoms with Crippen LogP contribution >= 0.6 is 0 Å². The van der Waals surface area contributed by atoms with E-state index in [-0.39, 0.29) is 5.91 Å². The smallest absolute Gasteiger partial charge is 0.275 e. The summed E-state index contributed by atoms with van der Waals surface area (Å²) in [7, 11) is 1.84. The second kappa shape index (κ2) is 5.23. The Labute approximate surface area is 111 Å². The minimum absolute atomic E-state index is 0.241. The van der Waals surface area contributed by atoms with Crippen molar-refractivity contribution >= 4 is 11.6 Å². The number of imidazole rings is 1. The third-order valence-corrected chi connectivity index (χ3v) is 3.00. The van der Waals surface area contributed by atoms with E-state index in [9.17, 15) is 4.79 Å². The number of nitrogens with two attached hydrogens (primary N) is 1. The summed E-state index contributed by atoms with van der Waals surface area (Å²) in [5.74, 6) is -0.241. The van der Waals surface area contributed by atoms with E-state index < -0.39 is 0 Å². The van der Waals surface area contributed by atoms with Crippen LogP contribution in [0.25, 0.3) is 0 Å². The molecule has 7 heteroatoms. The van der Waals surface area contributed by atoms with E-state index in [1.165, 1.54) is 0 Å². The van der Waals surface area contributed by atoms with Gasteiger partial charge in [-0.2, -0.15) is 5.10 Å². The number of hydrogen-bond acceptors (Lipinski definition) is 4. The van der Waals surface area contributed by atoms with Crippen molar-refractivity contribution in [2.45, 2.75) is 20.4 Å². The van der Waals surface area contributed by atoms with Gasteiger partial charge in [0.2, 0.25) is 0 Å². The van der Waals surface area contributed by atoms with Crippen LogP contribution in [0.4, 0.5) is 5.69 Å². The third kappa shape index (κ3) is 2.65. The molecule has 0 saturated heterocycles. The highest BCUT2D eigenvalue weighted by Crippen LogP contribution is 2.18. The van der Waals surface area contributed by atoms with Gasteiger partial charge in [-0.1, -0.05) is 0 Å². The molecular formula is C12H18N6O. The first-order chi connectivity index (χ1) is 9.02. The lowest BCUT2D eigenvalue weighted by Gasteiger charge is -2.03. The quantitative estimate of drug-likeness (QED) is 0.836. The summed E-state index contributed by atoms with van der Waals surface area (Å²) in [4.78, 5) is 16.2. The third-order valence-electron chi connectivity index (χ3n) is 3.00. The van der Waals surface area contributed by atoms with E-state index in [0.717, 1.165) is 17.1 Å². The molecule has 3 N–H and O–H groups in total. The van der Waals surface area contributed by atoms with Crippen LogP contribution in [0.5, 0.6) is 0 Å². The summed E-state index contributed by atoms with van der Waals surface area (Å²) in [5.41, 5.74) is 8.26. The van der Waals surface area contributed by atoms with Crippen molar-refractivity contribution in [2.75, 3.05) is 11.9 Å². The highest BCUT2D eigenvalue weighted by Gasteiger charge is 2.15. The van der Waals surface area contributed by atoms with E-state index in [2.05, 4.69) is 15.4 Å². The molecule has 0 radical (unpaired) electrons. The van der Waals surface area contributed by atoms with Crippen LogP contribution in [0, 0.1) is 13.8 Å². The number of nitrogens with zero attached hydrogens (tertiary/aromatic N) is 4. The number of aryl methyl sites for hydroxylation is 2. The maximum atomic E-state index is 12.1. The molecule has 0 spiro atoms. The standard InChI is InChI=1S/C12H18N6O/c1-8-11(9(2)17(3)16-8)15-12(19)10-6-18(5-4-13)7-14-10/h6-7H,4-5,13H2,1-3H3,(H,15,19). The number of rotatable bonds is 4. The Balaban J connectivity index is 2.16. The molecule has 0 aliphatic carbocycles. The minimum Gasteiger partial charge on any atom is -0.335 e. The van der Waals surface area contributed by atoms with Gasteiger partial charge in [0, 0.05) is 26.3 Å². The lowest BCUT2D eigenvalue weighted by molar-refractivity contribution is 0.102. The highest BCUT2D eigenvalue weighted by atomic mass is 16.1. The first kappa shape index (κ1) is 13.3. The molecule has 19 heavy (non-hydrogen) atoms. The molecule has 0 saturated carbocycles. The van der Waals surface area contributed by atoms with E-state index >= 15 is 0 Å². The summed E-state index contributed by atoms with van der Waals surface area (Å²) in [6, 6.07) is 0. The summed E-state index contributed by atoms with van der Waals surface area (Å²) in [6.07, 6.45) is 3.29. The predicted octanol–water partition coefficient (Wildman–Crippen LogP) is 0.444. The average molecular weight is 262 g/mol. The zero-order valence-electron chi connectivity index (χ0n) is 11.3. The molecule has 102 valence electrons. The Morgan fingerprint density at radius 3 is 2.79 bits per heavy atom. The van der Waals surface area contributed by atoms with Crippen molar-refractivity contribution in [3.63, 3.8) is 0 Å². The number of aromatic nitrogens is 4. The summed E-state index contributed by atoms with van der Waals surface area (Å²) < 4.78 is 3.52. The SMILES string of the molecule is Cc1nn(C)c(C)c1NC(=O)c1cn(CCN)cn1. The Morgan fingerprint density at radius 2 is 2.21 bits per heavy atom. The number of hydrogen-bond donors (Lipinski definition) is 2. The Morgan fingerprint density at radius 1 is 1.47 bits per heavy atom. The van der Waals surface area contributed by atoms with Gasteiger partial charge in [-0.25, -0.2) is 4.98 Å². The summed E-state index contributed by atoms with van der Waals surface area (Å²) >= 11 is 0. The molecule has 0 aromatic carbocycles. The molecule has 2 rings (SSSR count). The van der Waals surface area contributed by atoms with Crippen molar-refractivity contribution in [3.8, 4) is 0 Å². The number of amides is 1. The molecule has 0 aliphatic heterocycles. The minimum atomic E-state index is -0.241. The maximum absolute atomic E-state index is 12.1. The van der Waals surface area contributed by atoms with Crippen LogP contribution in [0.2, 0.25) is 0 Å². The monoisotopic (exact) mass is 262 g/mol. The summed E-state index contributed by atoms with van der Waals surface area (Å²) in [5, 5.41) is 7.09. The second-order valence-corrected chi connectivity index (χ2v) is 4.41. The molecular weight excluding hydrogens is 244 g/mol. The van der Waals surface area contributed by atoms with Crippen LogP contribution in [-0.2, 0) is 13.6 Å². The van der Waals surface area contributed by atoms with E-state index in [4.69, 9.17) is 5.73 Å². The Hall–Kier alpha value is -2.15. The first-order valence-corrected chi connectivity index (χ1v) is 6.06. The zero-order valence-corrected chi connectivity index (χ0v) is 11.3. The fourth-order valence-electron chi connectivity index (χ4n) is 1.88. The number of carbonyl (C=O) groups is 1. The topological polar surface area (TPSA) is 90.8 Å². The van der Waals surface area contributed by atoms with Crippen molar-refractivity contribution in [1.82, 2.24) is 19.3 Å². The molecule has 2 aromatic rings. The molecule has 0 aliphatic rings. The number of carbonyl (C=O) groups excluding carboxylic acids is 1. The van der Waals surface area contributed by atoms with Gasteiger partial charge in [0.05, 0.1) is 23.4 Å². The maximum Gasteiger partial charge on any atom is 0.275 e. The van der Waals surface area contributed by atoms with Gasteiger partial charge in [-0.05, 0) is 13.8 Å². The van der Waals surface area contributed by atoms with Crippen molar-refractivity contribution in [3.05, 3.63) is 29.6 Å². The molecule has 0 unspecified atom stereocenters. The van der Waals surface area contributed by atoms with Crippen LogP contribution in [-0.4, -0.2) is 31.8 Å². The predicted molar refractivity (Wildman–Crippen MR) is 71.9 cm³/mol.